The van der Waals surface area contributed by atoms with E-state index in [2.05, 4.69) is 9.47 Å². The molecule has 4 heterocycles. The molecule has 0 atom stereocenters. The lowest BCUT2D eigenvalue weighted by Gasteiger charge is -2.37. The first kappa shape index (κ1) is 14.8. The van der Waals surface area contributed by atoms with Crippen LogP contribution in [0.5, 0.6) is 0 Å². The molecule has 2 saturated heterocycles. The minimum Gasteiger partial charge on any atom is -0.347 e. The minimum atomic E-state index is -0.302. The van der Waals surface area contributed by atoms with Crippen molar-refractivity contribution in [3.63, 3.8) is 0 Å². The molecular weight excluding hydrogens is 300 g/mol. The number of likely N-dealkylation sites (tertiary alicyclic amines) is 1. The van der Waals surface area contributed by atoms with E-state index >= 15 is 0 Å². The summed E-state index contributed by atoms with van der Waals surface area (Å²) in [5.74, 6) is 0.863. The second kappa shape index (κ2) is 6.03. The lowest BCUT2D eigenvalue weighted by molar-refractivity contribution is -0.187. The Morgan fingerprint density at radius 2 is 1.82 bits per heavy atom. The fourth-order valence-corrected chi connectivity index (χ4v) is 4.02. The van der Waals surface area contributed by atoms with Gasteiger partial charge in [-0.15, -0.1) is 0 Å². The quantitative estimate of drug-likeness (QED) is 0.778. The molecule has 0 unspecified atom stereocenters. The highest BCUT2D eigenvalue weighted by Crippen LogP contribution is 2.31. The van der Waals surface area contributed by atoms with Gasteiger partial charge in [-0.2, -0.15) is 5.10 Å². The molecule has 0 bridgehead atoms. The van der Waals surface area contributed by atoms with Crippen LogP contribution in [0.15, 0.2) is 0 Å². The molecule has 122 valence electrons. The molecule has 0 saturated carbocycles. The molecule has 22 heavy (non-hydrogen) atoms. The van der Waals surface area contributed by atoms with Crippen molar-refractivity contribution in [3.8, 4) is 0 Å². The lowest BCUT2D eigenvalue weighted by atomic mass is 10.0. The molecule has 3 aliphatic heterocycles. The average Bonchev–Trinajstić information content (AvgIpc) is 3.00. The second-order valence-corrected chi connectivity index (χ2v) is 6.89. The number of rotatable bonds is 2. The smallest absolute Gasteiger partial charge is 0.199 e. The summed E-state index contributed by atoms with van der Waals surface area (Å²) in [5.41, 5.74) is 0. The van der Waals surface area contributed by atoms with Gasteiger partial charge in [0.25, 0.3) is 0 Å². The number of piperidine rings is 1. The number of aryl methyl sites for hydroxylation is 1. The highest BCUT2D eigenvalue weighted by atomic mass is 32.1. The van der Waals surface area contributed by atoms with E-state index in [1.807, 2.05) is 4.68 Å². The van der Waals surface area contributed by atoms with Crippen LogP contribution in [-0.2, 0) is 29.1 Å². The molecule has 0 aromatic carbocycles. The van der Waals surface area contributed by atoms with Gasteiger partial charge in [-0.1, -0.05) is 6.42 Å². The number of hydrogen-bond donors (Lipinski definition) is 0. The molecule has 2 fully saturated rings. The van der Waals surface area contributed by atoms with E-state index in [4.69, 9.17) is 26.8 Å². The van der Waals surface area contributed by atoms with Gasteiger partial charge < -0.3 is 14.0 Å². The summed E-state index contributed by atoms with van der Waals surface area (Å²) < 4.78 is 16.7. The van der Waals surface area contributed by atoms with Gasteiger partial charge >= 0.3 is 0 Å². The van der Waals surface area contributed by atoms with Crippen LogP contribution in [0.2, 0.25) is 0 Å². The zero-order chi connectivity index (χ0) is 15.0. The van der Waals surface area contributed by atoms with Crippen molar-refractivity contribution in [2.24, 2.45) is 0 Å². The SMILES string of the molecule is S=c1n(CN2CCC3(CC2)OCCO3)nc2n1CCCCC2. The van der Waals surface area contributed by atoms with E-state index in [0.29, 0.717) is 0 Å². The molecule has 1 spiro atoms. The van der Waals surface area contributed by atoms with Gasteiger partial charge in [-0.05, 0) is 25.1 Å². The summed E-state index contributed by atoms with van der Waals surface area (Å²) >= 11 is 5.63. The normalized spacial score (nSPS) is 25.3. The Morgan fingerprint density at radius 3 is 2.59 bits per heavy atom. The first-order valence-corrected chi connectivity index (χ1v) is 8.83. The monoisotopic (exact) mass is 324 g/mol. The Hall–Kier alpha value is -0.760. The summed E-state index contributed by atoms with van der Waals surface area (Å²) in [6, 6.07) is 0. The number of ether oxygens (including phenoxy) is 2. The molecule has 4 rings (SSSR count). The Labute approximate surface area is 136 Å². The third-order valence-electron chi connectivity index (χ3n) is 5.05. The third-order valence-corrected chi connectivity index (χ3v) is 5.48. The number of nitrogens with zero attached hydrogens (tertiary/aromatic N) is 4. The van der Waals surface area contributed by atoms with E-state index in [0.717, 1.165) is 63.6 Å². The van der Waals surface area contributed by atoms with Crippen LogP contribution in [0, 0.1) is 4.77 Å². The fourth-order valence-electron chi connectivity index (χ4n) is 3.73. The molecule has 0 aliphatic carbocycles. The minimum absolute atomic E-state index is 0.302. The van der Waals surface area contributed by atoms with E-state index in [1.165, 1.54) is 25.1 Å². The van der Waals surface area contributed by atoms with Gasteiger partial charge in [-0.25, -0.2) is 4.68 Å². The molecule has 7 heteroatoms. The zero-order valence-electron chi connectivity index (χ0n) is 13.0. The molecule has 3 aliphatic rings. The summed E-state index contributed by atoms with van der Waals surface area (Å²) in [7, 11) is 0. The largest absolute Gasteiger partial charge is 0.347 e. The fraction of sp³-hybridized carbons (Fsp3) is 0.867. The molecular formula is C15H24N4O2S. The summed E-state index contributed by atoms with van der Waals surface area (Å²) in [4.78, 5) is 2.40. The van der Waals surface area contributed by atoms with Crippen molar-refractivity contribution in [1.82, 2.24) is 19.2 Å². The van der Waals surface area contributed by atoms with E-state index < -0.39 is 0 Å². The van der Waals surface area contributed by atoms with Crippen molar-refractivity contribution >= 4 is 12.2 Å². The summed E-state index contributed by atoms with van der Waals surface area (Å²) in [5, 5.41) is 4.76. The Kier molecular flexibility index (Phi) is 4.06. The highest BCUT2D eigenvalue weighted by molar-refractivity contribution is 7.71. The number of aromatic nitrogens is 3. The molecule has 0 radical (unpaired) electrons. The highest BCUT2D eigenvalue weighted by Gasteiger charge is 2.39. The van der Waals surface area contributed by atoms with Gasteiger partial charge in [0, 0.05) is 38.9 Å². The topological polar surface area (TPSA) is 44.4 Å². The van der Waals surface area contributed by atoms with Crippen molar-refractivity contribution in [2.75, 3.05) is 26.3 Å². The van der Waals surface area contributed by atoms with E-state index in [1.54, 1.807) is 0 Å². The zero-order valence-corrected chi connectivity index (χ0v) is 13.8. The molecule has 0 amide bonds. The van der Waals surface area contributed by atoms with Crippen molar-refractivity contribution < 1.29 is 9.47 Å². The predicted octanol–water partition coefficient (Wildman–Crippen LogP) is 1.94. The van der Waals surface area contributed by atoms with Crippen molar-refractivity contribution in [1.29, 1.82) is 0 Å². The van der Waals surface area contributed by atoms with Gasteiger partial charge in [0.15, 0.2) is 10.6 Å². The Morgan fingerprint density at radius 1 is 1.05 bits per heavy atom. The van der Waals surface area contributed by atoms with Crippen LogP contribution >= 0.6 is 12.2 Å². The van der Waals surface area contributed by atoms with Gasteiger partial charge in [0.1, 0.15) is 5.82 Å². The van der Waals surface area contributed by atoms with Crippen LogP contribution < -0.4 is 0 Å². The van der Waals surface area contributed by atoms with Crippen LogP contribution in [0.1, 0.15) is 37.9 Å². The lowest BCUT2D eigenvalue weighted by Crippen LogP contribution is -2.45. The molecule has 0 N–H and O–H groups in total. The van der Waals surface area contributed by atoms with Crippen molar-refractivity contribution in [2.45, 2.75) is 57.5 Å². The van der Waals surface area contributed by atoms with E-state index in [9.17, 15) is 0 Å². The summed E-state index contributed by atoms with van der Waals surface area (Å²) in [6.45, 7) is 5.24. The van der Waals surface area contributed by atoms with Crippen LogP contribution in [0.25, 0.3) is 0 Å². The Bertz CT molecular complexity index is 581. The van der Waals surface area contributed by atoms with Gasteiger partial charge in [0.2, 0.25) is 0 Å². The number of fused-ring (bicyclic) bond motifs is 1. The molecule has 6 nitrogen and oxygen atoms in total. The summed E-state index contributed by atoms with van der Waals surface area (Å²) in [6.07, 6.45) is 6.66. The third kappa shape index (κ3) is 2.75. The van der Waals surface area contributed by atoms with Crippen LogP contribution in [-0.4, -0.2) is 51.3 Å². The van der Waals surface area contributed by atoms with Crippen LogP contribution in [0.4, 0.5) is 0 Å². The van der Waals surface area contributed by atoms with Gasteiger partial charge in [0.05, 0.1) is 19.9 Å². The molecule has 1 aromatic rings. The second-order valence-electron chi connectivity index (χ2n) is 6.53. The number of hydrogen-bond acceptors (Lipinski definition) is 5. The first-order valence-electron chi connectivity index (χ1n) is 8.43. The standard InChI is InChI=1S/C15H24N4O2S/c22-14-18-7-3-1-2-4-13(18)16-19(14)12-17-8-5-15(6-9-17)20-10-11-21-15/h1-12H2. The maximum Gasteiger partial charge on any atom is 0.199 e. The Balaban J connectivity index is 1.43. The van der Waals surface area contributed by atoms with Gasteiger partial charge in [-0.3, -0.25) is 4.90 Å². The van der Waals surface area contributed by atoms with E-state index in [-0.39, 0.29) is 5.79 Å². The first-order chi connectivity index (χ1) is 10.8. The van der Waals surface area contributed by atoms with Crippen LogP contribution in [0.3, 0.4) is 0 Å². The predicted molar refractivity (Wildman–Crippen MR) is 84.0 cm³/mol. The maximum atomic E-state index is 5.79. The maximum absolute atomic E-state index is 5.79. The van der Waals surface area contributed by atoms with Crippen molar-refractivity contribution in [3.05, 3.63) is 10.6 Å². The average molecular weight is 324 g/mol. The molecule has 1 aromatic heterocycles.